The lowest BCUT2D eigenvalue weighted by Crippen LogP contribution is -2.30. The number of likely N-dealkylation sites (tertiary alicyclic amines) is 1. The van der Waals surface area contributed by atoms with Gasteiger partial charge in [0.25, 0.3) is 11.7 Å². The van der Waals surface area contributed by atoms with E-state index in [2.05, 4.69) is 6.92 Å². The molecule has 1 amide bonds. The van der Waals surface area contributed by atoms with Crippen molar-refractivity contribution in [3.8, 4) is 5.75 Å². The van der Waals surface area contributed by atoms with E-state index in [0.29, 0.717) is 17.9 Å². The van der Waals surface area contributed by atoms with Gasteiger partial charge in [-0.15, -0.1) is 0 Å². The fourth-order valence-electron chi connectivity index (χ4n) is 4.77. The molecule has 1 unspecified atom stereocenters. The highest BCUT2D eigenvalue weighted by molar-refractivity contribution is 6.46. The van der Waals surface area contributed by atoms with Crippen molar-refractivity contribution < 1.29 is 19.4 Å². The van der Waals surface area contributed by atoms with E-state index >= 15 is 0 Å². The van der Waals surface area contributed by atoms with Gasteiger partial charge in [0, 0.05) is 12.1 Å². The molecule has 1 atom stereocenters. The molecule has 0 radical (unpaired) electrons. The Bertz CT molecular complexity index is 981. The zero-order chi connectivity index (χ0) is 25.0. The zero-order valence-electron chi connectivity index (χ0n) is 21.2. The van der Waals surface area contributed by atoms with Crippen LogP contribution in [-0.2, 0) is 9.59 Å². The van der Waals surface area contributed by atoms with Gasteiger partial charge in [0.15, 0.2) is 0 Å². The van der Waals surface area contributed by atoms with Crippen LogP contribution in [0.25, 0.3) is 5.76 Å². The summed E-state index contributed by atoms with van der Waals surface area (Å²) in [4.78, 5) is 27.8. The summed E-state index contributed by atoms with van der Waals surface area (Å²) < 4.78 is 5.19. The number of amides is 1. The molecule has 2 aromatic rings. The number of benzene rings is 2. The van der Waals surface area contributed by atoms with E-state index in [-0.39, 0.29) is 11.3 Å². The Labute approximate surface area is 209 Å². The van der Waals surface area contributed by atoms with Gasteiger partial charge in [-0.3, -0.25) is 9.59 Å². The van der Waals surface area contributed by atoms with Crippen molar-refractivity contribution in [3.05, 3.63) is 71.3 Å². The fourth-order valence-corrected chi connectivity index (χ4v) is 4.77. The number of carbonyl (C=O) groups is 2. The Morgan fingerprint density at radius 3 is 1.97 bits per heavy atom. The van der Waals surface area contributed by atoms with Crippen LogP contribution in [-0.4, -0.2) is 35.4 Å². The van der Waals surface area contributed by atoms with Crippen molar-refractivity contribution in [2.75, 3.05) is 13.7 Å². The Morgan fingerprint density at radius 2 is 1.40 bits per heavy atom. The van der Waals surface area contributed by atoms with Crippen LogP contribution in [0.15, 0.2) is 60.2 Å². The maximum Gasteiger partial charge on any atom is 0.295 e. The van der Waals surface area contributed by atoms with Crippen LogP contribution < -0.4 is 4.74 Å². The highest BCUT2D eigenvalue weighted by atomic mass is 16.5. The van der Waals surface area contributed by atoms with Crippen LogP contribution in [0.3, 0.4) is 0 Å². The molecule has 0 bridgehead atoms. The van der Waals surface area contributed by atoms with E-state index in [1.54, 1.807) is 36.3 Å². The van der Waals surface area contributed by atoms with Gasteiger partial charge in [0.05, 0.1) is 18.7 Å². The number of Topliss-reactive ketones (excluding diaryl/α,β-unsaturated/α-hetero) is 1. The van der Waals surface area contributed by atoms with Gasteiger partial charge in [-0.1, -0.05) is 95.0 Å². The Kier molecular flexibility index (Phi) is 10.4. The molecule has 5 nitrogen and oxygen atoms in total. The molecule has 0 spiro atoms. The largest absolute Gasteiger partial charge is 0.507 e. The van der Waals surface area contributed by atoms with Gasteiger partial charge < -0.3 is 14.7 Å². The topological polar surface area (TPSA) is 66.8 Å². The van der Waals surface area contributed by atoms with Gasteiger partial charge in [0.2, 0.25) is 0 Å². The molecule has 2 aromatic carbocycles. The van der Waals surface area contributed by atoms with Crippen molar-refractivity contribution in [2.45, 2.75) is 77.2 Å². The molecule has 1 fully saturated rings. The second kappa shape index (κ2) is 13.7. The summed E-state index contributed by atoms with van der Waals surface area (Å²) in [6, 6.07) is 15.8. The Balaban J connectivity index is 1.69. The average Bonchev–Trinajstić information content (AvgIpc) is 3.15. The first-order chi connectivity index (χ1) is 17.1. The number of ketones is 1. The normalized spacial score (nSPS) is 17.2. The molecular formula is C30H39NO4. The number of hydrogen-bond acceptors (Lipinski definition) is 4. The molecule has 0 aliphatic carbocycles. The predicted molar refractivity (Wildman–Crippen MR) is 140 cm³/mol. The van der Waals surface area contributed by atoms with Crippen molar-refractivity contribution in [2.24, 2.45) is 0 Å². The second-order valence-corrected chi connectivity index (χ2v) is 9.31. The van der Waals surface area contributed by atoms with Crippen LogP contribution >= 0.6 is 0 Å². The van der Waals surface area contributed by atoms with Gasteiger partial charge in [0.1, 0.15) is 11.5 Å². The minimum Gasteiger partial charge on any atom is -0.507 e. The third kappa shape index (κ3) is 6.97. The van der Waals surface area contributed by atoms with E-state index in [9.17, 15) is 14.7 Å². The lowest BCUT2D eigenvalue weighted by Gasteiger charge is -2.25. The van der Waals surface area contributed by atoms with E-state index in [1.165, 1.54) is 44.9 Å². The number of carbonyl (C=O) groups excluding carboxylic acids is 2. The summed E-state index contributed by atoms with van der Waals surface area (Å²) in [6.45, 7) is 2.74. The van der Waals surface area contributed by atoms with Gasteiger partial charge in [-0.2, -0.15) is 0 Å². The number of rotatable bonds is 14. The molecule has 5 heteroatoms. The molecular weight excluding hydrogens is 438 g/mol. The molecule has 0 aromatic heterocycles. The zero-order valence-corrected chi connectivity index (χ0v) is 21.2. The number of nitrogens with zero attached hydrogens (tertiary/aromatic N) is 1. The summed E-state index contributed by atoms with van der Waals surface area (Å²) in [7, 11) is 1.57. The molecule has 1 heterocycles. The van der Waals surface area contributed by atoms with Crippen molar-refractivity contribution in [3.63, 3.8) is 0 Å². The first kappa shape index (κ1) is 26.5. The molecule has 1 saturated heterocycles. The minimum absolute atomic E-state index is 0.148. The summed E-state index contributed by atoms with van der Waals surface area (Å²) in [5.41, 5.74) is 1.47. The summed E-state index contributed by atoms with van der Waals surface area (Å²) in [5, 5.41) is 11.1. The maximum atomic E-state index is 13.1. The fraction of sp³-hybridized carbons (Fsp3) is 0.467. The number of unbranched alkanes of at least 4 members (excludes halogenated alkanes) is 9. The van der Waals surface area contributed by atoms with E-state index in [4.69, 9.17) is 4.74 Å². The molecule has 188 valence electrons. The molecule has 1 aliphatic rings. The number of aliphatic hydroxyl groups excluding tert-OH is 1. The smallest absolute Gasteiger partial charge is 0.295 e. The van der Waals surface area contributed by atoms with Gasteiger partial charge >= 0.3 is 0 Å². The van der Waals surface area contributed by atoms with Crippen LogP contribution in [0.4, 0.5) is 0 Å². The molecule has 1 aliphatic heterocycles. The highest BCUT2D eigenvalue weighted by Gasteiger charge is 2.45. The first-order valence-corrected chi connectivity index (χ1v) is 13.1. The van der Waals surface area contributed by atoms with Gasteiger partial charge in [-0.05, 0) is 36.2 Å². The first-order valence-electron chi connectivity index (χ1n) is 13.1. The number of methoxy groups -OCH3 is 1. The van der Waals surface area contributed by atoms with Crippen molar-refractivity contribution >= 4 is 17.4 Å². The minimum atomic E-state index is -0.626. The molecule has 3 rings (SSSR count). The van der Waals surface area contributed by atoms with E-state index < -0.39 is 17.7 Å². The molecule has 0 saturated carbocycles. The van der Waals surface area contributed by atoms with Crippen LogP contribution in [0, 0.1) is 0 Å². The summed E-state index contributed by atoms with van der Waals surface area (Å²) >= 11 is 0. The third-order valence-electron chi connectivity index (χ3n) is 6.77. The standard InChI is InChI=1S/C30H39NO4/c1-3-4-5-6-7-8-9-10-11-15-22-31-27(23-16-13-12-14-17-23)26(29(33)30(31)34)28(32)24-18-20-25(35-2)21-19-24/h12-14,16-21,27,32H,3-11,15,22H2,1-2H3/b28-26-. The van der Waals surface area contributed by atoms with Crippen LogP contribution in [0.5, 0.6) is 5.75 Å². The lowest BCUT2D eigenvalue weighted by atomic mass is 9.95. The predicted octanol–water partition coefficient (Wildman–Crippen LogP) is 7.04. The monoisotopic (exact) mass is 477 g/mol. The van der Waals surface area contributed by atoms with E-state index in [1.807, 2.05) is 30.3 Å². The highest BCUT2D eigenvalue weighted by Crippen LogP contribution is 2.39. The average molecular weight is 478 g/mol. The summed E-state index contributed by atoms with van der Waals surface area (Å²) in [5.74, 6) is -0.655. The van der Waals surface area contributed by atoms with Gasteiger partial charge in [-0.25, -0.2) is 0 Å². The number of ether oxygens (including phenoxy) is 1. The third-order valence-corrected chi connectivity index (χ3v) is 6.77. The summed E-state index contributed by atoms with van der Waals surface area (Å²) in [6.07, 6.45) is 12.0. The number of hydrogen-bond donors (Lipinski definition) is 1. The van der Waals surface area contributed by atoms with E-state index in [0.717, 1.165) is 24.8 Å². The quantitative estimate of drug-likeness (QED) is 0.137. The number of aliphatic hydroxyl groups is 1. The Morgan fingerprint density at radius 1 is 0.829 bits per heavy atom. The molecule has 35 heavy (non-hydrogen) atoms. The van der Waals surface area contributed by atoms with Crippen LogP contribution in [0.2, 0.25) is 0 Å². The maximum absolute atomic E-state index is 13.1. The SMILES string of the molecule is CCCCCCCCCCCCN1C(=O)C(=O)/C(=C(\O)c2ccc(OC)cc2)C1c1ccccc1. The van der Waals surface area contributed by atoms with Crippen molar-refractivity contribution in [1.82, 2.24) is 4.90 Å². The lowest BCUT2D eigenvalue weighted by molar-refractivity contribution is -0.139. The molecule has 1 N–H and O–H groups in total. The van der Waals surface area contributed by atoms with Crippen LogP contribution in [0.1, 0.15) is 88.3 Å². The Hall–Kier alpha value is -3.08. The van der Waals surface area contributed by atoms with Crippen molar-refractivity contribution in [1.29, 1.82) is 0 Å². The second-order valence-electron chi connectivity index (χ2n) is 9.31.